The fourth-order valence-corrected chi connectivity index (χ4v) is 4.03. The van der Waals surface area contributed by atoms with Crippen LogP contribution in [-0.4, -0.2) is 42.1 Å². The quantitative estimate of drug-likeness (QED) is 0.854. The molecule has 7 heteroatoms. The predicted molar refractivity (Wildman–Crippen MR) is 108 cm³/mol. The second-order valence-electron chi connectivity index (χ2n) is 7.48. The van der Waals surface area contributed by atoms with Gasteiger partial charge in [-0.25, -0.2) is 9.78 Å². The summed E-state index contributed by atoms with van der Waals surface area (Å²) in [7, 11) is 0. The molecule has 140 valence electrons. The van der Waals surface area contributed by atoms with E-state index < -0.39 is 0 Å². The first kappa shape index (κ1) is 19.0. The van der Waals surface area contributed by atoms with Crippen molar-refractivity contribution < 1.29 is 4.79 Å². The number of carbonyl (C=O) groups is 1. The first-order valence-electron chi connectivity index (χ1n) is 8.82. The zero-order valence-electron chi connectivity index (χ0n) is 15.5. The number of halogens is 1. The molecule has 0 unspecified atom stereocenters. The zero-order chi connectivity index (χ0) is 18.7. The summed E-state index contributed by atoms with van der Waals surface area (Å²) in [6.07, 6.45) is 0. The van der Waals surface area contributed by atoms with Crippen LogP contribution in [0.15, 0.2) is 29.6 Å². The highest BCUT2D eigenvalue weighted by molar-refractivity contribution is 7.09. The molecule has 1 saturated heterocycles. The molecule has 0 bridgehead atoms. The van der Waals surface area contributed by atoms with Gasteiger partial charge in [-0.2, -0.15) is 0 Å². The number of para-hydroxylation sites is 1. The molecule has 1 aromatic heterocycles. The first-order valence-corrected chi connectivity index (χ1v) is 10.1. The van der Waals surface area contributed by atoms with Crippen molar-refractivity contribution in [1.29, 1.82) is 0 Å². The van der Waals surface area contributed by atoms with Crippen molar-refractivity contribution in [3.8, 4) is 0 Å². The van der Waals surface area contributed by atoms with Crippen molar-refractivity contribution in [1.82, 2.24) is 15.2 Å². The van der Waals surface area contributed by atoms with E-state index in [1.165, 1.54) is 0 Å². The van der Waals surface area contributed by atoms with E-state index in [0.717, 1.165) is 34.5 Å². The summed E-state index contributed by atoms with van der Waals surface area (Å²) in [4.78, 5) is 21.1. The van der Waals surface area contributed by atoms with Crippen LogP contribution in [0.25, 0.3) is 0 Å². The summed E-state index contributed by atoms with van der Waals surface area (Å²) in [5, 5.41) is 6.86. The molecule has 0 aliphatic carbocycles. The fraction of sp³-hybridized carbons (Fsp3) is 0.474. The van der Waals surface area contributed by atoms with Gasteiger partial charge in [0.15, 0.2) is 0 Å². The smallest absolute Gasteiger partial charge is 0.317 e. The number of amides is 2. The van der Waals surface area contributed by atoms with Gasteiger partial charge in [0, 0.05) is 37.0 Å². The van der Waals surface area contributed by atoms with Crippen LogP contribution in [-0.2, 0) is 12.0 Å². The van der Waals surface area contributed by atoms with Crippen molar-refractivity contribution >= 4 is 34.7 Å². The average Bonchev–Trinajstić information content (AvgIpc) is 3.10. The molecule has 0 saturated carbocycles. The third-order valence-corrected chi connectivity index (χ3v) is 6.01. The van der Waals surface area contributed by atoms with Gasteiger partial charge in [0.1, 0.15) is 0 Å². The Labute approximate surface area is 164 Å². The van der Waals surface area contributed by atoms with Crippen LogP contribution in [0.4, 0.5) is 10.5 Å². The van der Waals surface area contributed by atoms with Crippen LogP contribution in [0.1, 0.15) is 31.5 Å². The van der Waals surface area contributed by atoms with E-state index in [2.05, 4.69) is 36.0 Å². The largest absolute Gasteiger partial charge is 0.367 e. The normalized spacial score (nSPS) is 15.2. The van der Waals surface area contributed by atoms with Crippen LogP contribution in [0.5, 0.6) is 0 Å². The molecule has 2 amide bonds. The van der Waals surface area contributed by atoms with E-state index in [1.807, 2.05) is 34.5 Å². The maximum absolute atomic E-state index is 12.4. The molecule has 0 spiro atoms. The molecule has 1 fully saturated rings. The van der Waals surface area contributed by atoms with E-state index in [0.29, 0.717) is 19.6 Å². The van der Waals surface area contributed by atoms with Crippen molar-refractivity contribution in [2.24, 2.45) is 0 Å². The van der Waals surface area contributed by atoms with E-state index in [1.54, 1.807) is 11.3 Å². The first-order chi connectivity index (χ1) is 12.3. The Hall–Kier alpha value is -1.79. The fourth-order valence-electron chi connectivity index (χ4n) is 2.87. The molecule has 5 nitrogen and oxygen atoms in total. The maximum Gasteiger partial charge on any atom is 0.317 e. The Morgan fingerprint density at radius 3 is 2.54 bits per heavy atom. The second-order valence-corrected chi connectivity index (χ2v) is 8.74. The lowest BCUT2D eigenvalue weighted by molar-refractivity contribution is 0.194. The predicted octanol–water partition coefficient (Wildman–Crippen LogP) is 4.13. The van der Waals surface area contributed by atoms with Crippen LogP contribution < -0.4 is 10.2 Å². The summed E-state index contributed by atoms with van der Waals surface area (Å²) >= 11 is 7.92. The van der Waals surface area contributed by atoms with Gasteiger partial charge in [-0.05, 0) is 12.1 Å². The number of urea groups is 1. The molecule has 0 atom stereocenters. The molecule has 0 radical (unpaired) electrons. The van der Waals surface area contributed by atoms with Crippen molar-refractivity contribution in [3.05, 3.63) is 45.4 Å². The Bertz CT molecular complexity index is 763. The van der Waals surface area contributed by atoms with E-state index >= 15 is 0 Å². The second kappa shape index (κ2) is 7.84. The standard InChI is InChI=1S/C19H25ClN4OS/c1-19(2,3)17-22-14(13-26-17)12-21-18(25)24-10-8-23(9-11-24)16-7-5-4-6-15(16)20/h4-7,13H,8-12H2,1-3H3,(H,21,25). The van der Waals surface area contributed by atoms with Gasteiger partial charge in [0.05, 0.1) is 28.0 Å². The number of rotatable bonds is 3. The monoisotopic (exact) mass is 392 g/mol. The Morgan fingerprint density at radius 2 is 1.92 bits per heavy atom. The molecule has 26 heavy (non-hydrogen) atoms. The number of carbonyl (C=O) groups excluding carboxylic acids is 1. The minimum atomic E-state index is -0.0332. The Balaban J connectivity index is 1.50. The molecular weight excluding hydrogens is 368 g/mol. The number of nitrogens with one attached hydrogen (secondary N) is 1. The highest BCUT2D eigenvalue weighted by atomic mass is 35.5. The maximum atomic E-state index is 12.4. The van der Waals surface area contributed by atoms with Gasteiger partial charge in [0.2, 0.25) is 0 Å². The number of hydrogen-bond donors (Lipinski definition) is 1. The Kier molecular flexibility index (Phi) is 5.73. The lowest BCUT2D eigenvalue weighted by Crippen LogP contribution is -2.51. The number of piperazine rings is 1. The third-order valence-electron chi connectivity index (χ3n) is 4.37. The summed E-state index contributed by atoms with van der Waals surface area (Å²) < 4.78 is 0. The number of aromatic nitrogens is 1. The van der Waals surface area contributed by atoms with Gasteiger partial charge in [-0.1, -0.05) is 44.5 Å². The molecule has 1 aliphatic heterocycles. The van der Waals surface area contributed by atoms with Gasteiger partial charge in [0.25, 0.3) is 0 Å². The van der Waals surface area contributed by atoms with Gasteiger partial charge in [-0.15, -0.1) is 11.3 Å². The topological polar surface area (TPSA) is 48.5 Å². The molecule has 2 aromatic rings. The molecule has 2 heterocycles. The van der Waals surface area contributed by atoms with Crippen LogP contribution in [0.2, 0.25) is 5.02 Å². The third kappa shape index (κ3) is 4.48. The van der Waals surface area contributed by atoms with Crippen molar-refractivity contribution in [2.45, 2.75) is 32.7 Å². The average molecular weight is 393 g/mol. The molecular formula is C19H25ClN4OS. The number of thiazole rings is 1. The Morgan fingerprint density at radius 1 is 1.23 bits per heavy atom. The molecule has 1 aromatic carbocycles. The SMILES string of the molecule is CC(C)(C)c1nc(CNC(=O)N2CCN(c3ccccc3Cl)CC2)cs1. The van der Waals surface area contributed by atoms with E-state index in [-0.39, 0.29) is 11.4 Å². The van der Waals surface area contributed by atoms with Gasteiger partial charge >= 0.3 is 6.03 Å². The van der Waals surface area contributed by atoms with Crippen molar-refractivity contribution in [3.63, 3.8) is 0 Å². The molecule has 3 rings (SSSR count). The van der Waals surface area contributed by atoms with Gasteiger partial charge < -0.3 is 15.1 Å². The van der Waals surface area contributed by atoms with Gasteiger partial charge in [-0.3, -0.25) is 0 Å². The lowest BCUT2D eigenvalue weighted by Gasteiger charge is -2.36. The summed E-state index contributed by atoms with van der Waals surface area (Å²) in [6.45, 7) is 9.83. The minimum Gasteiger partial charge on any atom is -0.367 e. The van der Waals surface area contributed by atoms with E-state index in [9.17, 15) is 4.79 Å². The molecule has 1 aliphatic rings. The van der Waals surface area contributed by atoms with Crippen LogP contribution >= 0.6 is 22.9 Å². The van der Waals surface area contributed by atoms with Crippen LogP contribution in [0.3, 0.4) is 0 Å². The highest BCUT2D eigenvalue weighted by Gasteiger charge is 2.23. The summed E-state index contributed by atoms with van der Waals surface area (Å²) in [5.74, 6) is 0. The minimum absolute atomic E-state index is 0.0332. The summed E-state index contributed by atoms with van der Waals surface area (Å²) in [6, 6.07) is 7.80. The number of hydrogen-bond acceptors (Lipinski definition) is 4. The van der Waals surface area contributed by atoms with Crippen molar-refractivity contribution in [2.75, 3.05) is 31.1 Å². The summed E-state index contributed by atoms with van der Waals surface area (Å²) in [5.41, 5.74) is 2.00. The number of benzene rings is 1. The van der Waals surface area contributed by atoms with Crippen LogP contribution in [0, 0.1) is 0 Å². The zero-order valence-corrected chi connectivity index (χ0v) is 17.0. The molecule has 1 N–H and O–H groups in total. The number of nitrogens with zero attached hydrogens (tertiary/aromatic N) is 3. The van der Waals surface area contributed by atoms with E-state index in [4.69, 9.17) is 11.6 Å². The number of anilines is 1. The lowest BCUT2D eigenvalue weighted by atomic mass is 9.98. The highest BCUT2D eigenvalue weighted by Crippen LogP contribution is 2.26.